The molecule has 1 aliphatic rings. The van der Waals surface area contributed by atoms with Gasteiger partial charge in [-0.25, -0.2) is 0 Å². The molecule has 0 aliphatic heterocycles. The van der Waals surface area contributed by atoms with Crippen molar-refractivity contribution in [3.63, 3.8) is 0 Å². The fourth-order valence-electron chi connectivity index (χ4n) is 3.01. The van der Waals surface area contributed by atoms with Gasteiger partial charge in [-0.05, 0) is 30.0 Å². The van der Waals surface area contributed by atoms with Gasteiger partial charge in [0, 0.05) is 12.3 Å². The Balaban J connectivity index is 1.76. The van der Waals surface area contributed by atoms with Gasteiger partial charge in [-0.2, -0.15) is 0 Å². The van der Waals surface area contributed by atoms with Crippen LogP contribution in [-0.4, -0.2) is 25.3 Å². The number of benzene rings is 2. The van der Waals surface area contributed by atoms with E-state index in [9.17, 15) is 4.79 Å². The first-order chi connectivity index (χ1) is 11.7. The second-order valence-corrected chi connectivity index (χ2v) is 5.93. The van der Waals surface area contributed by atoms with Crippen LogP contribution in [0.5, 0.6) is 0 Å². The summed E-state index contributed by atoms with van der Waals surface area (Å²) in [5.74, 6) is -0.262. The van der Waals surface area contributed by atoms with E-state index >= 15 is 0 Å². The molecule has 0 heterocycles. The van der Waals surface area contributed by atoms with Gasteiger partial charge in [0.05, 0.1) is 7.11 Å². The predicted octanol–water partition coefficient (Wildman–Crippen LogP) is 3.95. The minimum absolute atomic E-state index is 0.262. The van der Waals surface area contributed by atoms with E-state index in [1.165, 1.54) is 12.7 Å². The van der Waals surface area contributed by atoms with Crippen molar-refractivity contribution in [1.82, 2.24) is 0 Å². The second-order valence-electron chi connectivity index (χ2n) is 5.93. The molecule has 3 nitrogen and oxygen atoms in total. The van der Waals surface area contributed by atoms with Crippen molar-refractivity contribution in [1.29, 1.82) is 0 Å². The highest BCUT2D eigenvalue weighted by molar-refractivity contribution is 6.25. The molecule has 0 saturated carbocycles. The molecule has 0 amide bonds. The average Bonchev–Trinajstić information content (AvgIpc) is 3.40. The largest absolute Gasteiger partial charge is 0.468 e. The molecule has 1 unspecified atom stereocenters. The molecule has 1 atom stereocenters. The quantitative estimate of drug-likeness (QED) is 0.597. The van der Waals surface area contributed by atoms with Crippen LogP contribution in [0.25, 0.3) is 5.57 Å². The molecule has 24 heavy (non-hydrogen) atoms. The third kappa shape index (κ3) is 3.02. The summed E-state index contributed by atoms with van der Waals surface area (Å²) in [6.07, 6.45) is 2.81. The fourth-order valence-corrected chi connectivity index (χ4v) is 3.01. The normalized spacial score (nSPS) is 19.6. The van der Waals surface area contributed by atoms with Crippen LogP contribution in [0.1, 0.15) is 18.1 Å². The van der Waals surface area contributed by atoms with Crippen LogP contribution in [-0.2, 0) is 16.0 Å². The molecule has 3 heteroatoms. The molecule has 0 saturated heterocycles. The number of aliphatic imine (C=N–C) groups is 1. The van der Waals surface area contributed by atoms with Gasteiger partial charge in [0.2, 0.25) is 0 Å². The molecule has 0 radical (unpaired) electrons. The number of hydrogen-bond donors (Lipinski definition) is 0. The first kappa shape index (κ1) is 16.2. The Kier molecular flexibility index (Phi) is 4.61. The molecule has 0 aromatic heterocycles. The molecule has 3 rings (SSSR count). The standard InChI is InChI=1S/C21H21NO2/c1-16(22-14-13-17-9-5-3-6-10-17)21(20(23)24-2)15-19(21)18-11-7-4-8-12-18/h3-12,15H,13-14H2,1-2H3. The third-order valence-corrected chi connectivity index (χ3v) is 4.46. The van der Waals surface area contributed by atoms with Gasteiger partial charge in [0.15, 0.2) is 0 Å². The lowest BCUT2D eigenvalue weighted by Gasteiger charge is -2.16. The van der Waals surface area contributed by atoms with E-state index in [4.69, 9.17) is 4.74 Å². The number of ether oxygens (including phenoxy) is 1. The van der Waals surface area contributed by atoms with E-state index < -0.39 is 5.41 Å². The highest BCUT2D eigenvalue weighted by atomic mass is 16.5. The van der Waals surface area contributed by atoms with Crippen LogP contribution in [0.2, 0.25) is 0 Å². The molecule has 0 N–H and O–H groups in total. The van der Waals surface area contributed by atoms with E-state index in [0.29, 0.717) is 6.54 Å². The van der Waals surface area contributed by atoms with Gasteiger partial charge in [-0.15, -0.1) is 0 Å². The summed E-state index contributed by atoms with van der Waals surface area (Å²) in [4.78, 5) is 17.1. The van der Waals surface area contributed by atoms with Crippen LogP contribution in [0.15, 0.2) is 71.7 Å². The molecular weight excluding hydrogens is 298 g/mol. The summed E-state index contributed by atoms with van der Waals surface area (Å²) in [5, 5.41) is 0. The number of esters is 1. The Morgan fingerprint density at radius 1 is 1.04 bits per heavy atom. The van der Waals surface area contributed by atoms with Gasteiger partial charge in [0.1, 0.15) is 5.41 Å². The number of rotatable bonds is 6. The Morgan fingerprint density at radius 2 is 1.67 bits per heavy atom. The predicted molar refractivity (Wildman–Crippen MR) is 97.0 cm³/mol. The van der Waals surface area contributed by atoms with E-state index in [1.807, 2.05) is 61.5 Å². The zero-order valence-corrected chi connectivity index (χ0v) is 14.0. The van der Waals surface area contributed by atoms with Crippen LogP contribution in [0.4, 0.5) is 0 Å². The highest BCUT2D eigenvalue weighted by Gasteiger charge is 2.55. The SMILES string of the molecule is COC(=O)C1(C(C)=NCCc2ccccc2)C=C1c1ccccc1. The van der Waals surface area contributed by atoms with Crippen molar-refractivity contribution in [2.24, 2.45) is 10.4 Å². The fraction of sp³-hybridized carbons (Fsp3) is 0.238. The maximum absolute atomic E-state index is 12.4. The monoisotopic (exact) mass is 319 g/mol. The van der Waals surface area contributed by atoms with E-state index in [1.54, 1.807) is 0 Å². The molecule has 2 aromatic rings. The van der Waals surface area contributed by atoms with Gasteiger partial charge in [0.25, 0.3) is 0 Å². The number of methoxy groups -OCH3 is 1. The number of carbonyl (C=O) groups excluding carboxylic acids is 1. The molecule has 0 bridgehead atoms. The Labute approximate surface area is 142 Å². The van der Waals surface area contributed by atoms with Crippen LogP contribution < -0.4 is 0 Å². The summed E-state index contributed by atoms with van der Waals surface area (Å²) in [5.41, 5.74) is 3.28. The third-order valence-electron chi connectivity index (χ3n) is 4.46. The van der Waals surface area contributed by atoms with Gasteiger partial charge < -0.3 is 4.74 Å². The number of carbonyl (C=O) groups is 1. The van der Waals surface area contributed by atoms with Crippen molar-refractivity contribution < 1.29 is 9.53 Å². The lowest BCUT2D eigenvalue weighted by molar-refractivity contribution is -0.143. The molecule has 0 fully saturated rings. The smallest absolute Gasteiger partial charge is 0.326 e. The van der Waals surface area contributed by atoms with Gasteiger partial charge in [-0.1, -0.05) is 66.7 Å². The zero-order valence-electron chi connectivity index (χ0n) is 14.0. The minimum atomic E-state index is -0.785. The van der Waals surface area contributed by atoms with E-state index in [0.717, 1.165) is 23.3 Å². The molecule has 2 aromatic carbocycles. The van der Waals surface area contributed by atoms with Crippen LogP contribution >= 0.6 is 0 Å². The molecular formula is C21H21NO2. The first-order valence-corrected chi connectivity index (χ1v) is 8.11. The molecule has 1 aliphatic carbocycles. The Bertz CT molecular complexity index is 778. The van der Waals surface area contributed by atoms with Crippen molar-refractivity contribution in [3.8, 4) is 0 Å². The first-order valence-electron chi connectivity index (χ1n) is 8.11. The maximum Gasteiger partial charge on any atom is 0.326 e. The Morgan fingerprint density at radius 3 is 2.29 bits per heavy atom. The topological polar surface area (TPSA) is 38.7 Å². The Hall–Kier alpha value is -2.68. The molecule has 0 spiro atoms. The number of nitrogens with zero attached hydrogens (tertiary/aromatic N) is 1. The summed E-state index contributed by atoms with van der Waals surface area (Å²) >= 11 is 0. The molecule has 122 valence electrons. The van der Waals surface area contributed by atoms with Crippen LogP contribution in [0.3, 0.4) is 0 Å². The summed E-state index contributed by atoms with van der Waals surface area (Å²) in [6, 6.07) is 20.2. The average molecular weight is 319 g/mol. The summed E-state index contributed by atoms with van der Waals surface area (Å²) in [7, 11) is 1.43. The van der Waals surface area contributed by atoms with Crippen molar-refractivity contribution in [2.45, 2.75) is 13.3 Å². The lowest BCUT2D eigenvalue weighted by atomic mass is 9.91. The van der Waals surface area contributed by atoms with Crippen molar-refractivity contribution >= 4 is 17.3 Å². The summed E-state index contributed by atoms with van der Waals surface area (Å²) in [6.45, 7) is 2.57. The van der Waals surface area contributed by atoms with Crippen molar-refractivity contribution in [3.05, 3.63) is 77.9 Å². The van der Waals surface area contributed by atoms with E-state index in [-0.39, 0.29) is 5.97 Å². The number of hydrogen-bond acceptors (Lipinski definition) is 3. The van der Waals surface area contributed by atoms with Crippen molar-refractivity contribution in [2.75, 3.05) is 13.7 Å². The minimum Gasteiger partial charge on any atom is -0.468 e. The van der Waals surface area contributed by atoms with Gasteiger partial charge in [-0.3, -0.25) is 9.79 Å². The second kappa shape index (κ2) is 6.83. The van der Waals surface area contributed by atoms with Gasteiger partial charge >= 0.3 is 5.97 Å². The maximum atomic E-state index is 12.4. The highest BCUT2D eigenvalue weighted by Crippen LogP contribution is 2.52. The zero-order chi connectivity index (χ0) is 17.0. The van der Waals surface area contributed by atoms with Crippen LogP contribution in [0, 0.1) is 5.41 Å². The lowest BCUT2D eigenvalue weighted by Crippen LogP contribution is -2.28. The van der Waals surface area contributed by atoms with E-state index in [2.05, 4.69) is 17.1 Å². The summed E-state index contributed by atoms with van der Waals surface area (Å²) < 4.78 is 5.04.